The summed E-state index contributed by atoms with van der Waals surface area (Å²) in [6.07, 6.45) is 2.02. The van der Waals surface area contributed by atoms with E-state index in [2.05, 4.69) is 5.32 Å². The number of carbonyl (C=O) groups is 2. The summed E-state index contributed by atoms with van der Waals surface area (Å²) in [6.45, 7) is 5.16. The van der Waals surface area contributed by atoms with Crippen LogP contribution in [0.2, 0.25) is 0 Å². The van der Waals surface area contributed by atoms with Gasteiger partial charge in [-0.05, 0) is 37.6 Å². The molecule has 7 heteroatoms. The lowest BCUT2D eigenvalue weighted by atomic mass is 10.2. The number of hydrogen-bond acceptors (Lipinski definition) is 6. The SMILES string of the molecule is CCOCCCNCc1ccc(OCON(C)C(=O)CCC=O)cc1. The lowest BCUT2D eigenvalue weighted by Gasteiger charge is -2.16. The van der Waals surface area contributed by atoms with Crippen LogP contribution in [0.1, 0.15) is 31.7 Å². The molecule has 1 N–H and O–H groups in total. The molecule has 25 heavy (non-hydrogen) atoms. The molecule has 0 atom stereocenters. The van der Waals surface area contributed by atoms with Gasteiger partial charge in [-0.2, -0.15) is 0 Å². The highest BCUT2D eigenvalue weighted by Crippen LogP contribution is 2.12. The van der Waals surface area contributed by atoms with Crippen LogP contribution in [-0.4, -0.2) is 50.9 Å². The number of hydroxylamine groups is 2. The highest BCUT2D eigenvalue weighted by Gasteiger charge is 2.08. The average molecular weight is 352 g/mol. The van der Waals surface area contributed by atoms with Crippen molar-refractivity contribution < 1.29 is 23.9 Å². The number of aldehydes is 1. The molecular weight excluding hydrogens is 324 g/mol. The van der Waals surface area contributed by atoms with Crippen molar-refractivity contribution >= 4 is 12.2 Å². The highest BCUT2D eigenvalue weighted by atomic mass is 16.8. The van der Waals surface area contributed by atoms with E-state index in [1.54, 1.807) is 0 Å². The molecule has 0 heterocycles. The van der Waals surface area contributed by atoms with Gasteiger partial charge in [0.05, 0.1) is 0 Å². The molecule has 1 aromatic rings. The minimum atomic E-state index is -0.263. The van der Waals surface area contributed by atoms with Crippen LogP contribution >= 0.6 is 0 Å². The fourth-order valence-corrected chi connectivity index (χ4v) is 1.97. The molecule has 0 aromatic heterocycles. The average Bonchev–Trinajstić information content (AvgIpc) is 2.63. The van der Waals surface area contributed by atoms with Crippen molar-refractivity contribution in [2.45, 2.75) is 32.7 Å². The Morgan fingerprint density at radius 1 is 1.28 bits per heavy atom. The molecule has 0 unspecified atom stereocenters. The minimum absolute atomic E-state index is 0.0711. The van der Waals surface area contributed by atoms with E-state index >= 15 is 0 Å². The number of rotatable bonds is 14. The highest BCUT2D eigenvalue weighted by molar-refractivity contribution is 5.77. The van der Waals surface area contributed by atoms with E-state index in [-0.39, 0.29) is 25.5 Å². The molecule has 0 aliphatic rings. The first-order valence-electron chi connectivity index (χ1n) is 8.50. The standard InChI is InChI=1S/C18H28N2O5/c1-3-23-13-5-11-19-14-16-7-9-17(10-8-16)24-15-25-20(2)18(22)6-4-12-21/h7-10,12,19H,3-6,11,13-15H2,1-2H3. The smallest absolute Gasteiger partial charge is 0.246 e. The topological polar surface area (TPSA) is 77.1 Å². The molecule has 0 saturated heterocycles. The molecule has 0 radical (unpaired) electrons. The second-order valence-corrected chi connectivity index (χ2v) is 5.36. The minimum Gasteiger partial charge on any atom is -0.465 e. The molecule has 1 aromatic carbocycles. The maximum absolute atomic E-state index is 11.5. The summed E-state index contributed by atoms with van der Waals surface area (Å²) in [5.74, 6) is 0.398. The van der Waals surface area contributed by atoms with Crippen molar-refractivity contribution in [3.63, 3.8) is 0 Å². The van der Waals surface area contributed by atoms with E-state index in [1.165, 1.54) is 7.05 Å². The summed E-state index contributed by atoms with van der Waals surface area (Å²) in [7, 11) is 1.50. The quantitative estimate of drug-likeness (QED) is 0.239. The van der Waals surface area contributed by atoms with Crippen LogP contribution in [0.5, 0.6) is 5.75 Å². The van der Waals surface area contributed by atoms with E-state index in [0.717, 1.165) is 43.4 Å². The number of nitrogens with one attached hydrogen (secondary N) is 1. The second-order valence-electron chi connectivity index (χ2n) is 5.36. The van der Waals surface area contributed by atoms with Gasteiger partial charge in [0.2, 0.25) is 12.7 Å². The van der Waals surface area contributed by atoms with E-state index in [9.17, 15) is 9.59 Å². The van der Waals surface area contributed by atoms with Gasteiger partial charge in [-0.3, -0.25) is 4.79 Å². The molecule has 140 valence electrons. The lowest BCUT2D eigenvalue weighted by Crippen LogP contribution is -2.28. The molecule has 0 fully saturated rings. The van der Waals surface area contributed by atoms with Crippen LogP contribution in [0, 0.1) is 0 Å². The third kappa shape index (κ3) is 9.81. The third-order valence-electron chi connectivity index (χ3n) is 3.40. The molecule has 1 rings (SSSR count). The maximum atomic E-state index is 11.5. The number of benzene rings is 1. The van der Waals surface area contributed by atoms with Gasteiger partial charge in [0.15, 0.2) is 0 Å². The number of nitrogens with zero attached hydrogens (tertiary/aromatic N) is 1. The summed E-state index contributed by atoms with van der Waals surface area (Å²) in [5, 5.41) is 4.44. The zero-order chi connectivity index (χ0) is 18.3. The fourth-order valence-electron chi connectivity index (χ4n) is 1.97. The Balaban J connectivity index is 2.19. The summed E-state index contributed by atoms with van der Waals surface area (Å²) in [6, 6.07) is 7.66. The molecule has 0 aliphatic carbocycles. The van der Waals surface area contributed by atoms with E-state index < -0.39 is 0 Å². The number of carbonyl (C=O) groups excluding carboxylic acids is 2. The number of ether oxygens (including phenoxy) is 2. The Morgan fingerprint density at radius 2 is 2.04 bits per heavy atom. The van der Waals surface area contributed by atoms with E-state index in [0.29, 0.717) is 12.0 Å². The predicted octanol–water partition coefficient (Wildman–Crippen LogP) is 1.91. The van der Waals surface area contributed by atoms with Gasteiger partial charge in [0.25, 0.3) is 0 Å². The van der Waals surface area contributed by atoms with Gasteiger partial charge in [-0.25, -0.2) is 9.90 Å². The third-order valence-corrected chi connectivity index (χ3v) is 3.40. The zero-order valence-corrected chi connectivity index (χ0v) is 15.0. The van der Waals surface area contributed by atoms with Crippen molar-refractivity contribution in [3.8, 4) is 5.75 Å². The van der Waals surface area contributed by atoms with Crippen molar-refractivity contribution in [2.75, 3.05) is 33.6 Å². The molecule has 0 aliphatic heterocycles. The Morgan fingerprint density at radius 3 is 2.72 bits per heavy atom. The fraction of sp³-hybridized carbons (Fsp3) is 0.556. The van der Waals surface area contributed by atoms with Crippen LogP contribution < -0.4 is 10.1 Å². The van der Waals surface area contributed by atoms with Crippen LogP contribution in [-0.2, 0) is 25.7 Å². The Kier molecular flexibility index (Phi) is 11.3. The van der Waals surface area contributed by atoms with Crippen molar-refractivity contribution in [1.29, 1.82) is 0 Å². The first kappa shape index (κ1) is 21.1. The first-order chi connectivity index (χ1) is 12.2. The number of hydrogen-bond donors (Lipinski definition) is 1. The van der Waals surface area contributed by atoms with Gasteiger partial charge in [-0.15, -0.1) is 0 Å². The van der Waals surface area contributed by atoms with Crippen molar-refractivity contribution in [2.24, 2.45) is 0 Å². The molecular formula is C18H28N2O5. The van der Waals surface area contributed by atoms with Crippen LogP contribution in [0.15, 0.2) is 24.3 Å². The van der Waals surface area contributed by atoms with Gasteiger partial charge in [0.1, 0.15) is 12.0 Å². The Labute approximate surface area is 149 Å². The molecule has 7 nitrogen and oxygen atoms in total. The van der Waals surface area contributed by atoms with Crippen molar-refractivity contribution in [1.82, 2.24) is 10.4 Å². The van der Waals surface area contributed by atoms with Crippen molar-refractivity contribution in [3.05, 3.63) is 29.8 Å². The Hall–Kier alpha value is -1.96. The summed E-state index contributed by atoms with van der Waals surface area (Å²) in [4.78, 5) is 26.9. The second kappa shape index (κ2) is 13.3. The van der Waals surface area contributed by atoms with E-state index in [1.807, 2.05) is 31.2 Å². The molecule has 0 spiro atoms. The van der Waals surface area contributed by atoms with Gasteiger partial charge < -0.3 is 19.6 Å². The van der Waals surface area contributed by atoms with Gasteiger partial charge in [-0.1, -0.05) is 12.1 Å². The number of amides is 1. The summed E-state index contributed by atoms with van der Waals surface area (Å²) in [5.41, 5.74) is 1.16. The van der Waals surface area contributed by atoms with Gasteiger partial charge in [0, 0.05) is 39.6 Å². The summed E-state index contributed by atoms with van der Waals surface area (Å²) < 4.78 is 10.7. The van der Waals surface area contributed by atoms with Gasteiger partial charge >= 0.3 is 0 Å². The molecule has 0 bridgehead atoms. The normalized spacial score (nSPS) is 10.5. The molecule has 1 amide bonds. The lowest BCUT2D eigenvalue weighted by molar-refractivity contribution is -0.199. The van der Waals surface area contributed by atoms with Crippen LogP contribution in [0.4, 0.5) is 0 Å². The maximum Gasteiger partial charge on any atom is 0.246 e. The first-order valence-corrected chi connectivity index (χ1v) is 8.50. The zero-order valence-electron chi connectivity index (χ0n) is 15.0. The monoisotopic (exact) mass is 352 g/mol. The largest absolute Gasteiger partial charge is 0.465 e. The van der Waals surface area contributed by atoms with Crippen LogP contribution in [0.25, 0.3) is 0 Å². The van der Waals surface area contributed by atoms with Crippen LogP contribution in [0.3, 0.4) is 0 Å². The molecule has 0 saturated carbocycles. The predicted molar refractivity (Wildman–Crippen MR) is 93.9 cm³/mol. The summed E-state index contributed by atoms with van der Waals surface area (Å²) >= 11 is 0. The Bertz CT molecular complexity index is 493. The van der Waals surface area contributed by atoms with E-state index in [4.69, 9.17) is 14.3 Å².